The summed E-state index contributed by atoms with van der Waals surface area (Å²) < 4.78 is 0. The summed E-state index contributed by atoms with van der Waals surface area (Å²) in [4.78, 5) is 22.2. The van der Waals surface area contributed by atoms with Crippen LogP contribution >= 0.6 is 0 Å². The molecule has 2 heterocycles. The Morgan fingerprint density at radius 1 is 1.35 bits per heavy atom. The van der Waals surface area contributed by atoms with Crippen molar-refractivity contribution in [1.29, 1.82) is 0 Å². The lowest BCUT2D eigenvalue weighted by molar-refractivity contribution is 0.0785. The maximum absolute atomic E-state index is 12.4. The highest BCUT2D eigenvalue weighted by Gasteiger charge is 2.12. The van der Waals surface area contributed by atoms with Crippen molar-refractivity contribution in [3.8, 4) is 0 Å². The maximum Gasteiger partial charge on any atom is 0.254 e. The molecule has 104 valence electrons. The summed E-state index contributed by atoms with van der Waals surface area (Å²) in [5.74, 6) is 0.684. The van der Waals surface area contributed by atoms with Crippen molar-refractivity contribution in [2.24, 2.45) is 0 Å². The lowest BCUT2D eigenvalue weighted by Gasteiger charge is -2.17. The average molecular weight is 270 g/mol. The van der Waals surface area contributed by atoms with E-state index in [9.17, 15) is 4.79 Å². The quantitative estimate of drug-likeness (QED) is 0.904. The van der Waals surface area contributed by atoms with Gasteiger partial charge in [0.1, 0.15) is 5.82 Å². The predicted octanol–water partition coefficient (Wildman–Crippen LogP) is 2.18. The van der Waals surface area contributed by atoms with Crippen LogP contribution in [0.1, 0.15) is 22.8 Å². The molecule has 5 heteroatoms. The molecule has 2 aromatic heterocycles. The summed E-state index contributed by atoms with van der Waals surface area (Å²) in [5, 5.41) is 3.10. The van der Waals surface area contributed by atoms with Gasteiger partial charge in [0.15, 0.2) is 0 Å². The molecule has 5 nitrogen and oxygen atoms in total. The van der Waals surface area contributed by atoms with Crippen LogP contribution in [0, 0.1) is 0 Å². The Kier molecular flexibility index (Phi) is 4.65. The molecule has 20 heavy (non-hydrogen) atoms. The fourth-order valence-corrected chi connectivity index (χ4v) is 1.90. The van der Waals surface area contributed by atoms with Gasteiger partial charge in [-0.25, -0.2) is 4.98 Å². The van der Waals surface area contributed by atoms with E-state index >= 15 is 0 Å². The predicted molar refractivity (Wildman–Crippen MR) is 78.4 cm³/mol. The SMILES string of the molecule is CCNc1cc(C(=O)N(C)Cc2cccnc2)ccn1. The van der Waals surface area contributed by atoms with Crippen molar-refractivity contribution in [2.45, 2.75) is 13.5 Å². The number of hydrogen-bond acceptors (Lipinski definition) is 4. The van der Waals surface area contributed by atoms with Crippen LogP contribution in [0.5, 0.6) is 0 Å². The van der Waals surface area contributed by atoms with Crippen molar-refractivity contribution in [3.05, 3.63) is 54.0 Å². The molecule has 1 N–H and O–H groups in total. The van der Waals surface area contributed by atoms with E-state index in [0.29, 0.717) is 17.9 Å². The Hall–Kier alpha value is -2.43. The van der Waals surface area contributed by atoms with Gasteiger partial charge in [0, 0.05) is 44.3 Å². The molecule has 2 rings (SSSR count). The molecule has 0 bridgehead atoms. The Morgan fingerprint density at radius 3 is 2.90 bits per heavy atom. The van der Waals surface area contributed by atoms with E-state index in [1.807, 2.05) is 19.1 Å². The first-order valence-corrected chi connectivity index (χ1v) is 6.55. The second-order valence-corrected chi connectivity index (χ2v) is 4.48. The number of rotatable bonds is 5. The molecular formula is C15H18N4O. The van der Waals surface area contributed by atoms with Crippen molar-refractivity contribution in [3.63, 3.8) is 0 Å². The standard InChI is InChI=1S/C15H18N4O/c1-3-17-14-9-13(6-8-18-14)15(20)19(2)11-12-5-4-7-16-10-12/h4-10H,3,11H2,1-2H3,(H,17,18). The monoisotopic (exact) mass is 270 g/mol. The van der Waals surface area contributed by atoms with Gasteiger partial charge in [0.25, 0.3) is 5.91 Å². The molecule has 0 atom stereocenters. The molecule has 2 aromatic rings. The molecular weight excluding hydrogens is 252 g/mol. The zero-order valence-electron chi connectivity index (χ0n) is 11.7. The summed E-state index contributed by atoms with van der Waals surface area (Å²) in [7, 11) is 1.78. The van der Waals surface area contributed by atoms with Crippen molar-refractivity contribution in [2.75, 3.05) is 18.9 Å². The Morgan fingerprint density at radius 2 is 2.20 bits per heavy atom. The van der Waals surface area contributed by atoms with Crippen molar-refractivity contribution >= 4 is 11.7 Å². The highest BCUT2D eigenvalue weighted by molar-refractivity contribution is 5.94. The van der Waals surface area contributed by atoms with E-state index in [4.69, 9.17) is 0 Å². The molecule has 0 fully saturated rings. The van der Waals surface area contributed by atoms with E-state index in [0.717, 1.165) is 12.1 Å². The Balaban J connectivity index is 2.08. The van der Waals surface area contributed by atoms with Crippen LogP contribution in [0.3, 0.4) is 0 Å². The van der Waals surface area contributed by atoms with Gasteiger partial charge in [-0.05, 0) is 30.7 Å². The van der Waals surface area contributed by atoms with E-state index in [1.54, 1.807) is 42.7 Å². The number of pyridine rings is 2. The normalized spacial score (nSPS) is 10.1. The third-order valence-electron chi connectivity index (χ3n) is 2.85. The van der Waals surface area contributed by atoms with Gasteiger partial charge in [0.05, 0.1) is 0 Å². The third-order valence-corrected chi connectivity index (χ3v) is 2.85. The summed E-state index contributed by atoms with van der Waals surface area (Å²) in [6.45, 7) is 3.30. The van der Waals surface area contributed by atoms with Gasteiger partial charge in [-0.1, -0.05) is 6.07 Å². The van der Waals surface area contributed by atoms with Crippen LogP contribution in [-0.2, 0) is 6.54 Å². The van der Waals surface area contributed by atoms with E-state index in [-0.39, 0.29) is 5.91 Å². The van der Waals surface area contributed by atoms with Gasteiger partial charge in [-0.15, -0.1) is 0 Å². The van der Waals surface area contributed by atoms with E-state index in [2.05, 4.69) is 15.3 Å². The molecule has 1 amide bonds. The van der Waals surface area contributed by atoms with Gasteiger partial charge in [-0.2, -0.15) is 0 Å². The molecule has 0 aliphatic carbocycles. The number of nitrogens with zero attached hydrogens (tertiary/aromatic N) is 3. The van der Waals surface area contributed by atoms with E-state index < -0.39 is 0 Å². The largest absolute Gasteiger partial charge is 0.370 e. The summed E-state index contributed by atoms with van der Waals surface area (Å²) in [6, 6.07) is 7.31. The topological polar surface area (TPSA) is 58.1 Å². The number of anilines is 1. The second-order valence-electron chi connectivity index (χ2n) is 4.48. The average Bonchev–Trinajstić information content (AvgIpc) is 2.48. The molecule has 0 spiro atoms. The second kappa shape index (κ2) is 6.65. The number of carbonyl (C=O) groups excluding carboxylic acids is 1. The van der Waals surface area contributed by atoms with Crippen LogP contribution in [0.4, 0.5) is 5.82 Å². The molecule has 0 unspecified atom stereocenters. The summed E-state index contributed by atoms with van der Waals surface area (Å²) in [5.41, 5.74) is 1.63. The Labute approximate surface area is 118 Å². The minimum atomic E-state index is -0.0320. The van der Waals surface area contributed by atoms with E-state index in [1.165, 1.54) is 0 Å². The lowest BCUT2D eigenvalue weighted by Crippen LogP contribution is -2.26. The summed E-state index contributed by atoms with van der Waals surface area (Å²) >= 11 is 0. The van der Waals surface area contributed by atoms with Gasteiger partial charge in [0.2, 0.25) is 0 Å². The number of hydrogen-bond donors (Lipinski definition) is 1. The molecule has 0 aliphatic heterocycles. The van der Waals surface area contributed by atoms with Gasteiger partial charge in [-0.3, -0.25) is 9.78 Å². The first-order valence-electron chi connectivity index (χ1n) is 6.55. The minimum absolute atomic E-state index is 0.0320. The highest BCUT2D eigenvalue weighted by Crippen LogP contribution is 2.11. The third kappa shape index (κ3) is 3.54. The molecule has 0 radical (unpaired) electrons. The van der Waals surface area contributed by atoms with Crippen LogP contribution in [0.25, 0.3) is 0 Å². The highest BCUT2D eigenvalue weighted by atomic mass is 16.2. The molecule has 0 aromatic carbocycles. The van der Waals surface area contributed by atoms with Crippen LogP contribution in [0.2, 0.25) is 0 Å². The van der Waals surface area contributed by atoms with Gasteiger partial charge >= 0.3 is 0 Å². The zero-order chi connectivity index (χ0) is 14.4. The maximum atomic E-state index is 12.4. The minimum Gasteiger partial charge on any atom is -0.370 e. The zero-order valence-corrected chi connectivity index (χ0v) is 11.7. The first-order chi connectivity index (χ1) is 9.70. The van der Waals surface area contributed by atoms with Crippen LogP contribution in [-0.4, -0.2) is 34.4 Å². The number of aromatic nitrogens is 2. The number of amides is 1. The van der Waals surface area contributed by atoms with Gasteiger partial charge < -0.3 is 10.2 Å². The van der Waals surface area contributed by atoms with Crippen molar-refractivity contribution < 1.29 is 4.79 Å². The lowest BCUT2D eigenvalue weighted by atomic mass is 10.2. The number of carbonyl (C=O) groups is 1. The first kappa shape index (κ1) is 14.0. The van der Waals surface area contributed by atoms with Crippen molar-refractivity contribution in [1.82, 2.24) is 14.9 Å². The Bertz CT molecular complexity index is 571. The fraction of sp³-hybridized carbons (Fsp3) is 0.267. The smallest absolute Gasteiger partial charge is 0.254 e. The molecule has 0 saturated heterocycles. The molecule has 0 saturated carbocycles. The fourth-order valence-electron chi connectivity index (χ4n) is 1.90. The molecule has 0 aliphatic rings. The van der Waals surface area contributed by atoms with Crippen LogP contribution < -0.4 is 5.32 Å². The van der Waals surface area contributed by atoms with Crippen LogP contribution in [0.15, 0.2) is 42.9 Å². The number of nitrogens with one attached hydrogen (secondary N) is 1. The summed E-state index contributed by atoms with van der Waals surface area (Å²) in [6.07, 6.45) is 5.13.